The Balaban J connectivity index is 2.05. The minimum absolute atomic E-state index is 0.337. The van der Waals surface area contributed by atoms with Crippen LogP contribution in [0.4, 0.5) is 4.39 Å². The fourth-order valence-corrected chi connectivity index (χ4v) is 2.22. The number of aromatic nitrogens is 3. The summed E-state index contributed by atoms with van der Waals surface area (Å²) >= 11 is 0. The second-order valence-corrected chi connectivity index (χ2v) is 4.89. The molecule has 2 aromatic heterocycles. The molecule has 3 aromatic rings. The lowest BCUT2D eigenvalue weighted by Gasteiger charge is -2.06. The van der Waals surface area contributed by atoms with Crippen molar-refractivity contribution in [2.24, 2.45) is 0 Å². The van der Waals surface area contributed by atoms with Crippen molar-refractivity contribution in [2.45, 2.75) is 13.8 Å². The van der Waals surface area contributed by atoms with Gasteiger partial charge in [0, 0.05) is 28.7 Å². The number of rotatable bonds is 2. The fourth-order valence-electron chi connectivity index (χ4n) is 2.22. The van der Waals surface area contributed by atoms with Crippen LogP contribution in [0, 0.1) is 19.7 Å². The molecule has 0 aliphatic rings. The standard InChI is InChI=1S/C17H14FN3/c1-11-8-12(2)21-17(20-11)14-9-15(18)16(19-10-14)13-6-4-3-5-7-13/h3-10H,1-2H3. The molecule has 4 heteroatoms. The van der Waals surface area contributed by atoms with E-state index in [0.29, 0.717) is 17.1 Å². The largest absolute Gasteiger partial charge is 0.252 e. The maximum atomic E-state index is 14.3. The van der Waals surface area contributed by atoms with Crippen molar-refractivity contribution in [3.05, 3.63) is 65.9 Å². The van der Waals surface area contributed by atoms with Crippen molar-refractivity contribution in [1.29, 1.82) is 0 Å². The molecule has 21 heavy (non-hydrogen) atoms. The van der Waals surface area contributed by atoms with Gasteiger partial charge in [0.15, 0.2) is 5.82 Å². The molecule has 0 atom stereocenters. The SMILES string of the molecule is Cc1cc(C)nc(-c2cnc(-c3ccccc3)c(F)c2)n1. The first-order chi connectivity index (χ1) is 10.1. The maximum Gasteiger partial charge on any atom is 0.161 e. The highest BCUT2D eigenvalue weighted by Gasteiger charge is 2.10. The molecule has 0 saturated heterocycles. The first-order valence-corrected chi connectivity index (χ1v) is 6.67. The first kappa shape index (κ1) is 13.4. The van der Waals surface area contributed by atoms with Crippen LogP contribution < -0.4 is 0 Å². The van der Waals surface area contributed by atoms with Gasteiger partial charge >= 0.3 is 0 Å². The number of nitrogens with zero attached hydrogens (tertiary/aromatic N) is 3. The molecule has 0 unspecified atom stereocenters. The second kappa shape index (κ2) is 5.40. The zero-order chi connectivity index (χ0) is 14.8. The van der Waals surface area contributed by atoms with Crippen LogP contribution in [0.15, 0.2) is 48.7 Å². The van der Waals surface area contributed by atoms with Gasteiger partial charge in [-0.15, -0.1) is 0 Å². The number of hydrogen-bond acceptors (Lipinski definition) is 3. The Morgan fingerprint density at radius 3 is 2.14 bits per heavy atom. The molecule has 3 rings (SSSR count). The normalized spacial score (nSPS) is 10.6. The molecular weight excluding hydrogens is 265 g/mol. The summed E-state index contributed by atoms with van der Waals surface area (Å²) in [6, 6.07) is 12.6. The molecule has 0 radical (unpaired) electrons. The van der Waals surface area contributed by atoms with Gasteiger partial charge in [0.1, 0.15) is 11.5 Å². The van der Waals surface area contributed by atoms with Crippen LogP contribution in [0.2, 0.25) is 0 Å². The summed E-state index contributed by atoms with van der Waals surface area (Å²) in [5.41, 5.74) is 3.38. The van der Waals surface area contributed by atoms with E-state index in [1.165, 1.54) is 6.07 Å². The molecule has 0 aliphatic heterocycles. The summed E-state index contributed by atoms with van der Waals surface area (Å²) in [6.07, 6.45) is 1.61. The van der Waals surface area contributed by atoms with Gasteiger partial charge in [0.05, 0.1) is 0 Å². The van der Waals surface area contributed by atoms with Crippen LogP contribution in [-0.4, -0.2) is 15.0 Å². The lowest BCUT2D eigenvalue weighted by molar-refractivity contribution is 0.626. The van der Waals surface area contributed by atoms with Gasteiger partial charge in [0.2, 0.25) is 0 Å². The topological polar surface area (TPSA) is 38.7 Å². The van der Waals surface area contributed by atoms with Crippen molar-refractivity contribution < 1.29 is 4.39 Å². The smallest absolute Gasteiger partial charge is 0.161 e. The van der Waals surface area contributed by atoms with Gasteiger partial charge in [-0.25, -0.2) is 14.4 Å². The van der Waals surface area contributed by atoms with E-state index in [1.54, 1.807) is 6.20 Å². The number of aryl methyl sites for hydroxylation is 2. The minimum Gasteiger partial charge on any atom is -0.252 e. The lowest BCUT2D eigenvalue weighted by Crippen LogP contribution is -1.97. The van der Waals surface area contributed by atoms with Crippen molar-refractivity contribution in [3.63, 3.8) is 0 Å². The highest BCUT2D eigenvalue weighted by molar-refractivity contribution is 5.63. The van der Waals surface area contributed by atoms with E-state index >= 15 is 0 Å². The zero-order valence-electron chi connectivity index (χ0n) is 11.8. The van der Waals surface area contributed by atoms with Gasteiger partial charge < -0.3 is 0 Å². The molecule has 0 fully saturated rings. The Labute approximate surface area is 122 Å². The van der Waals surface area contributed by atoms with Crippen molar-refractivity contribution >= 4 is 0 Å². The monoisotopic (exact) mass is 279 g/mol. The van der Waals surface area contributed by atoms with Crippen LogP contribution in [0.1, 0.15) is 11.4 Å². The number of pyridine rings is 1. The predicted molar refractivity (Wildman–Crippen MR) is 80.1 cm³/mol. The van der Waals surface area contributed by atoms with E-state index in [-0.39, 0.29) is 5.82 Å². The van der Waals surface area contributed by atoms with Gasteiger partial charge in [-0.3, -0.25) is 4.98 Å². The molecule has 104 valence electrons. The summed E-state index contributed by atoms with van der Waals surface area (Å²) in [5, 5.41) is 0. The number of halogens is 1. The van der Waals surface area contributed by atoms with Crippen LogP contribution in [0.25, 0.3) is 22.6 Å². The summed E-state index contributed by atoms with van der Waals surface area (Å²) < 4.78 is 14.3. The average Bonchev–Trinajstić information content (AvgIpc) is 2.47. The van der Waals surface area contributed by atoms with Gasteiger partial charge in [-0.05, 0) is 26.0 Å². The molecule has 0 bridgehead atoms. The molecule has 0 saturated carbocycles. The number of hydrogen-bond donors (Lipinski definition) is 0. The molecule has 2 heterocycles. The van der Waals surface area contributed by atoms with Crippen LogP contribution in [-0.2, 0) is 0 Å². The third-order valence-corrected chi connectivity index (χ3v) is 3.13. The summed E-state index contributed by atoms with van der Waals surface area (Å²) in [5.74, 6) is 0.125. The second-order valence-electron chi connectivity index (χ2n) is 4.89. The molecule has 0 amide bonds. The third kappa shape index (κ3) is 2.79. The highest BCUT2D eigenvalue weighted by atomic mass is 19.1. The summed E-state index contributed by atoms with van der Waals surface area (Å²) in [7, 11) is 0. The Hall–Kier alpha value is -2.62. The van der Waals surface area contributed by atoms with Gasteiger partial charge in [0.25, 0.3) is 0 Å². The lowest BCUT2D eigenvalue weighted by atomic mass is 10.1. The fraction of sp³-hybridized carbons (Fsp3) is 0.118. The summed E-state index contributed by atoms with van der Waals surface area (Å²) in [6.45, 7) is 3.78. The predicted octanol–water partition coefficient (Wildman–Crippen LogP) is 3.96. The van der Waals surface area contributed by atoms with E-state index in [0.717, 1.165) is 17.0 Å². The Bertz CT molecular complexity index is 765. The molecule has 3 nitrogen and oxygen atoms in total. The maximum absolute atomic E-state index is 14.3. The van der Waals surface area contributed by atoms with E-state index < -0.39 is 0 Å². The van der Waals surface area contributed by atoms with Crippen LogP contribution in [0.5, 0.6) is 0 Å². The van der Waals surface area contributed by atoms with Crippen LogP contribution >= 0.6 is 0 Å². The van der Waals surface area contributed by atoms with E-state index in [9.17, 15) is 4.39 Å². The quantitative estimate of drug-likeness (QED) is 0.712. The van der Waals surface area contributed by atoms with Crippen molar-refractivity contribution in [2.75, 3.05) is 0 Å². The van der Waals surface area contributed by atoms with Gasteiger partial charge in [-0.2, -0.15) is 0 Å². The van der Waals surface area contributed by atoms with Gasteiger partial charge in [-0.1, -0.05) is 30.3 Å². The Morgan fingerprint density at radius 2 is 1.52 bits per heavy atom. The summed E-state index contributed by atoms with van der Waals surface area (Å²) in [4.78, 5) is 12.9. The number of benzene rings is 1. The minimum atomic E-state index is -0.374. The Morgan fingerprint density at radius 1 is 0.857 bits per heavy atom. The highest BCUT2D eigenvalue weighted by Crippen LogP contribution is 2.24. The average molecular weight is 279 g/mol. The molecule has 0 spiro atoms. The molecular formula is C17H14FN3. The zero-order valence-corrected chi connectivity index (χ0v) is 11.8. The molecule has 0 aliphatic carbocycles. The Kier molecular flexibility index (Phi) is 3.44. The molecule has 1 aromatic carbocycles. The third-order valence-electron chi connectivity index (χ3n) is 3.13. The van der Waals surface area contributed by atoms with E-state index in [4.69, 9.17) is 0 Å². The van der Waals surface area contributed by atoms with Crippen molar-refractivity contribution in [1.82, 2.24) is 15.0 Å². The molecule has 0 N–H and O–H groups in total. The first-order valence-electron chi connectivity index (χ1n) is 6.67. The van der Waals surface area contributed by atoms with Crippen molar-refractivity contribution in [3.8, 4) is 22.6 Å². The van der Waals surface area contributed by atoms with Crippen LogP contribution in [0.3, 0.4) is 0 Å². The van der Waals surface area contributed by atoms with E-state index in [2.05, 4.69) is 15.0 Å². The van der Waals surface area contributed by atoms with E-state index in [1.807, 2.05) is 50.2 Å².